The Balaban J connectivity index is 1.45. The molecule has 3 rings (SSSR count). The first-order chi connectivity index (χ1) is 14.6. The van der Waals surface area contributed by atoms with E-state index in [1.54, 1.807) is 31.3 Å². The molecular formula is C19H18BrClF3N5O2. The zero-order valence-electron chi connectivity index (χ0n) is 16.3. The topological polar surface area (TPSA) is 74.0 Å². The molecule has 3 aromatic rings. The summed E-state index contributed by atoms with van der Waals surface area (Å²) in [5.74, 6) is 0.0857. The Morgan fingerprint density at radius 2 is 2.03 bits per heavy atom. The van der Waals surface area contributed by atoms with Crippen LogP contribution in [0.2, 0.25) is 5.02 Å². The zero-order chi connectivity index (χ0) is 22.6. The quantitative estimate of drug-likeness (QED) is 0.438. The van der Waals surface area contributed by atoms with Crippen molar-refractivity contribution in [2.75, 3.05) is 6.54 Å². The van der Waals surface area contributed by atoms with Crippen LogP contribution in [0.15, 0.2) is 41.0 Å². The molecule has 0 aliphatic rings. The van der Waals surface area contributed by atoms with Gasteiger partial charge in [0, 0.05) is 29.5 Å². The van der Waals surface area contributed by atoms with Crippen molar-refractivity contribution in [1.29, 1.82) is 0 Å². The Kier molecular flexibility index (Phi) is 7.26. The molecule has 1 N–H and O–H groups in total. The third kappa shape index (κ3) is 6.23. The summed E-state index contributed by atoms with van der Waals surface area (Å²) in [5, 5.41) is 10.8. The van der Waals surface area contributed by atoms with E-state index in [2.05, 4.69) is 31.4 Å². The van der Waals surface area contributed by atoms with Crippen molar-refractivity contribution in [3.05, 3.63) is 63.1 Å². The number of ether oxygens (including phenoxy) is 1. The third-order valence-corrected chi connectivity index (χ3v) is 5.01. The molecule has 7 nitrogen and oxygen atoms in total. The van der Waals surface area contributed by atoms with Crippen molar-refractivity contribution in [3.8, 4) is 5.75 Å². The molecule has 1 amide bonds. The van der Waals surface area contributed by atoms with Gasteiger partial charge < -0.3 is 10.1 Å². The molecule has 0 fully saturated rings. The number of hydrogen-bond donors (Lipinski definition) is 1. The molecule has 0 atom stereocenters. The molecule has 0 radical (unpaired) electrons. The van der Waals surface area contributed by atoms with Crippen LogP contribution in [-0.4, -0.2) is 32.0 Å². The number of rotatable bonds is 8. The number of aromatic nitrogens is 4. The van der Waals surface area contributed by atoms with Crippen LogP contribution in [0.5, 0.6) is 5.75 Å². The Bertz CT molecular complexity index is 1070. The lowest BCUT2D eigenvalue weighted by atomic mass is 10.3. The van der Waals surface area contributed by atoms with Crippen LogP contribution in [0.3, 0.4) is 0 Å². The lowest BCUT2D eigenvalue weighted by molar-refractivity contribution is -0.141. The zero-order valence-corrected chi connectivity index (χ0v) is 18.6. The average Bonchev–Trinajstić information content (AvgIpc) is 3.31. The van der Waals surface area contributed by atoms with Gasteiger partial charge in [0.05, 0.1) is 5.02 Å². The molecule has 31 heavy (non-hydrogen) atoms. The fourth-order valence-corrected chi connectivity index (χ4v) is 3.41. The highest BCUT2D eigenvalue weighted by molar-refractivity contribution is 9.10. The van der Waals surface area contributed by atoms with Gasteiger partial charge in [-0.25, -0.2) is 4.68 Å². The summed E-state index contributed by atoms with van der Waals surface area (Å²) < 4.78 is 47.2. The number of carbonyl (C=O) groups excluding carboxylic acids is 1. The van der Waals surface area contributed by atoms with Crippen LogP contribution in [0.25, 0.3) is 0 Å². The number of alkyl halides is 3. The van der Waals surface area contributed by atoms with Gasteiger partial charge in [0.2, 0.25) is 0 Å². The van der Waals surface area contributed by atoms with E-state index in [9.17, 15) is 18.0 Å². The van der Waals surface area contributed by atoms with Crippen molar-refractivity contribution >= 4 is 33.4 Å². The highest BCUT2D eigenvalue weighted by atomic mass is 79.9. The van der Waals surface area contributed by atoms with Gasteiger partial charge in [0.25, 0.3) is 5.91 Å². The van der Waals surface area contributed by atoms with E-state index in [1.807, 2.05) is 0 Å². The smallest absolute Gasteiger partial charge is 0.435 e. The predicted octanol–water partition coefficient (Wildman–Crippen LogP) is 4.68. The molecule has 1 aromatic carbocycles. The maximum Gasteiger partial charge on any atom is 0.435 e. The summed E-state index contributed by atoms with van der Waals surface area (Å²) in [6.45, 7) is 2.13. The summed E-state index contributed by atoms with van der Waals surface area (Å²) >= 11 is 9.40. The fourth-order valence-electron chi connectivity index (χ4n) is 2.68. The molecule has 0 spiro atoms. The van der Waals surface area contributed by atoms with Crippen LogP contribution in [-0.2, 0) is 19.5 Å². The maximum absolute atomic E-state index is 12.7. The molecule has 0 saturated carbocycles. The Morgan fingerprint density at radius 3 is 2.71 bits per heavy atom. The highest BCUT2D eigenvalue weighted by Crippen LogP contribution is 2.29. The summed E-state index contributed by atoms with van der Waals surface area (Å²) in [7, 11) is 0. The molecule has 0 bridgehead atoms. The highest BCUT2D eigenvalue weighted by Gasteiger charge is 2.34. The first-order valence-corrected chi connectivity index (χ1v) is 10.3. The number of aryl methyl sites for hydroxylation is 2. The minimum absolute atomic E-state index is 0.0642. The Labute approximate surface area is 189 Å². The molecule has 0 aliphatic heterocycles. The predicted molar refractivity (Wildman–Crippen MR) is 111 cm³/mol. The summed E-state index contributed by atoms with van der Waals surface area (Å²) in [6, 6.07) is 7.73. The first kappa shape index (κ1) is 23.1. The number of hydrogen-bond acceptors (Lipinski definition) is 4. The summed E-state index contributed by atoms with van der Waals surface area (Å²) in [5.41, 5.74) is -0.324. The van der Waals surface area contributed by atoms with E-state index >= 15 is 0 Å². The van der Waals surface area contributed by atoms with E-state index < -0.39 is 17.8 Å². The lowest BCUT2D eigenvalue weighted by Gasteiger charge is -2.08. The number of carbonyl (C=O) groups is 1. The normalized spacial score (nSPS) is 11.5. The standard InChI is InChI=1S/C19H18BrClF3N5O2/c1-12-9-17(19(22,23)24)27-29(12)7-2-6-25-18(30)15-5-8-28(26-15)11-31-16-4-3-13(20)10-14(16)21/h3-5,8-10H,2,6-7,11H2,1H3,(H,25,30). The maximum atomic E-state index is 12.7. The number of nitrogens with one attached hydrogen (secondary N) is 1. The van der Waals surface area contributed by atoms with Gasteiger partial charge in [0.15, 0.2) is 12.4 Å². The first-order valence-electron chi connectivity index (χ1n) is 9.14. The summed E-state index contributed by atoms with van der Waals surface area (Å²) in [6.07, 6.45) is -2.47. The van der Waals surface area contributed by atoms with Crippen LogP contribution in [0.4, 0.5) is 13.2 Å². The number of halogens is 5. The van der Waals surface area contributed by atoms with Crippen LogP contribution in [0.1, 0.15) is 28.3 Å². The van der Waals surface area contributed by atoms with Crippen molar-refractivity contribution in [3.63, 3.8) is 0 Å². The van der Waals surface area contributed by atoms with Gasteiger partial charge in [-0.1, -0.05) is 27.5 Å². The van der Waals surface area contributed by atoms with Gasteiger partial charge in [0.1, 0.15) is 11.4 Å². The average molecular weight is 521 g/mol. The fraction of sp³-hybridized carbons (Fsp3) is 0.316. The lowest BCUT2D eigenvalue weighted by Crippen LogP contribution is -2.26. The Morgan fingerprint density at radius 1 is 1.26 bits per heavy atom. The van der Waals surface area contributed by atoms with Gasteiger partial charge >= 0.3 is 6.18 Å². The monoisotopic (exact) mass is 519 g/mol. The van der Waals surface area contributed by atoms with Gasteiger partial charge in [-0.3, -0.25) is 9.48 Å². The molecule has 12 heteroatoms. The number of amides is 1. The third-order valence-electron chi connectivity index (χ3n) is 4.22. The minimum Gasteiger partial charge on any atom is -0.470 e. The molecule has 2 aromatic heterocycles. The molecule has 166 valence electrons. The summed E-state index contributed by atoms with van der Waals surface area (Å²) in [4.78, 5) is 12.2. The van der Waals surface area contributed by atoms with Crippen molar-refractivity contribution < 1.29 is 22.7 Å². The Hall–Kier alpha value is -2.53. The van der Waals surface area contributed by atoms with E-state index in [-0.39, 0.29) is 25.5 Å². The van der Waals surface area contributed by atoms with Crippen LogP contribution >= 0.6 is 27.5 Å². The molecule has 0 saturated heterocycles. The SMILES string of the molecule is Cc1cc(C(F)(F)F)nn1CCCNC(=O)c1ccn(COc2ccc(Br)cc2Cl)n1. The van der Waals surface area contributed by atoms with Gasteiger partial charge in [-0.15, -0.1) is 0 Å². The van der Waals surface area contributed by atoms with E-state index in [0.717, 1.165) is 10.5 Å². The van der Waals surface area contributed by atoms with Crippen molar-refractivity contribution in [2.24, 2.45) is 0 Å². The van der Waals surface area contributed by atoms with E-state index in [0.29, 0.717) is 22.9 Å². The van der Waals surface area contributed by atoms with Gasteiger partial charge in [-0.2, -0.15) is 23.4 Å². The second-order valence-electron chi connectivity index (χ2n) is 6.59. The molecule has 2 heterocycles. The number of nitrogens with zero attached hydrogens (tertiary/aromatic N) is 4. The van der Waals surface area contributed by atoms with Crippen molar-refractivity contribution in [1.82, 2.24) is 24.9 Å². The van der Waals surface area contributed by atoms with E-state index in [1.165, 1.54) is 15.4 Å². The second-order valence-corrected chi connectivity index (χ2v) is 7.91. The van der Waals surface area contributed by atoms with Crippen LogP contribution < -0.4 is 10.1 Å². The molecular weight excluding hydrogens is 503 g/mol. The van der Waals surface area contributed by atoms with E-state index in [4.69, 9.17) is 16.3 Å². The van der Waals surface area contributed by atoms with Crippen molar-refractivity contribution in [2.45, 2.75) is 32.8 Å². The largest absolute Gasteiger partial charge is 0.470 e. The molecule has 0 unspecified atom stereocenters. The minimum atomic E-state index is -4.48. The van der Waals surface area contributed by atoms with Gasteiger partial charge in [-0.05, 0) is 43.7 Å². The second kappa shape index (κ2) is 9.73. The van der Waals surface area contributed by atoms with Crippen LogP contribution in [0, 0.1) is 6.92 Å². The number of benzene rings is 1. The molecule has 0 aliphatic carbocycles.